The summed E-state index contributed by atoms with van der Waals surface area (Å²) < 4.78 is 0. The fourth-order valence-electron chi connectivity index (χ4n) is 2.15. The van der Waals surface area contributed by atoms with Crippen molar-refractivity contribution in [3.63, 3.8) is 0 Å². The van der Waals surface area contributed by atoms with Gasteiger partial charge in [0.15, 0.2) is 0 Å². The van der Waals surface area contributed by atoms with Crippen LogP contribution in [0.2, 0.25) is 0 Å². The Labute approximate surface area is 78.1 Å². The van der Waals surface area contributed by atoms with Crippen molar-refractivity contribution < 1.29 is 15.0 Å². The maximum atomic E-state index is 10.5. The lowest BCUT2D eigenvalue weighted by Crippen LogP contribution is -2.20. The van der Waals surface area contributed by atoms with Gasteiger partial charge in [-0.05, 0) is 31.1 Å². The van der Waals surface area contributed by atoms with E-state index in [0.717, 1.165) is 19.3 Å². The summed E-state index contributed by atoms with van der Waals surface area (Å²) in [6.07, 6.45) is 3.88. The molecule has 0 spiro atoms. The standard InChI is InChI=1S/C10H16O3/c1-2-3-8-7(6-10(12)13)4-5-9(8)11/h2,7-9,11H,1,3-6H2,(H,12,13). The van der Waals surface area contributed by atoms with Crippen LogP contribution in [0.4, 0.5) is 0 Å². The Morgan fingerprint density at radius 1 is 1.54 bits per heavy atom. The van der Waals surface area contributed by atoms with Gasteiger partial charge >= 0.3 is 5.97 Å². The summed E-state index contributed by atoms with van der Waals surface area (Å²) in [6, 6.07) is 0. The Kier molecular flexibility index (Phi) is 3.48. The second kappa shape index (κ2) is 4.42. The molecule has 3 nitrogen and oxygen atoms in total. The van der Waals surface area contributed by atoms with Gasteiger partial charge < -0.3 is 10.2 Å². The van der Waals surface area contributed by atoms with E-state index in [1.807, 2.05) is 0 Å². The number of rotatable bonds is 4. The van der Waals surface area contributed by atoms with Gasteiger partial charge in [-0.25, -0.2) is 0 Å². The zero-order valence-corrected chi connectivity index (χ0v) is 7.65. The first-order chi connectivity index (χ1) is 6.15. The monoisotopic (exact) mass is 184 g/mol. The van der Waals surface area contributed by atoms with Gasteiger partial charge in [0.05, 0.1) is 6.10 Å². The van der Waals surface area contributed by atoms with Crippen molar-refractivity contribution in [1.82, 2.24) is 0 Å². The van der Waals surface area contributed by atoms with Crippen LogP contribution in [0.25, 0.3) is 0 Å². The molecule has 1 aliphatic rings. The highest BCUT2D eigenvalue weighted by molar-refractivity contribution is 5.67. The van der Waals surface area contributed by atoms with Crippen LogP contribution in [0.5, 0.6) is 0 Å². The molecule has 1 fully saturated rings. The number of carbonyl (C=O) groups is 1. The summed E-state index contributed by atoms with van der Waals surface area (Å²) >= 11 is 0. The minimum absolute atomic E-state index is 0.105. The van der Waals surface area contributed by atoms with Gasteiger partial charge in [0, 0.05) is 6.42 Å². The largest absolute Gasteiger partial charge is 0.481 e. The molecule has 0 aromatic carbocycles. The molecular weight excluding hydrogens is 168 g/mol. The Morgan fingerprint density at radius 3 is 2.77 bits per heavy atom. The van der Waals surface area contributed by atoms with E-state index in [4.69, 9.17) is 5.11 Å². The molecule has 0 aliphatic heterocycles. The fraction of sp³-hybridized carbons (Fsp3) is 0.700. The molecule has 0 heterocycles. The van der Waals surface area contributed by atoms with E-state index < -0.39 is 5.97 Å². The van der Waals surface area contributed by atoms with Crippen molar-refractivity contribution in [2.75, 3.05) is 0 Å². The van der Waals surface area contributed by atoms with Crippen LogP contribution in [-0.2, 0) is 4.79 Å². The summed E-state index contributed by atoms with van der Waals surface area (Å²) in [6.45, 7) is 3.61. The number of allylic oxidation sites excluding steroid dienone is 1. The third-order valence-corrected chi connectivity index (χ3v) is 2.81. The molecule has 0 amide bonds. The van der Waals surface area contributed by atoms with Crippen molar-refractivity contribution in [1.29, 1.82) is 0 Å². The highest BCUT2D eigenvalue weighted by Gasteiger charge is 2.34. The Morgan fingerprint density at radius 2 is 2.23 bits per heavy atom. The molecule has 3 unspecified atom stereocenters. The van der Waals surface area contributed by atoms with Gasteiger partial charge in [-0.1, -0.05) is 6.08 Å². The molecule has 2 N–H and O–H groups in total. The number of hydrogen-bond donors (Lipinski definition) is 2. The summed E-state index contributed by atoms with van der Waals surface area (Å²) in [5.41, 5.74) is 0. The highest BCUT2D eigenvalue weighted by Crippen LogP contribution is 2.36. The molecule has 3 heteroatoms. The van der Waals surface area contributed by atoms with Gasteiger partial charge in [-0.15, -0.1) is 6.58 Å². The fourth-order valence-corrected chi connectivity index (χ4v) is 2.15. The molecule has 0 aromatic rings. The smallest absolute Gasteiger partial charge is 0.303 e. The second-order valence-corrected chi connectivity index (χ2v) is 3.69. The van der Waals surface area contributed by atoms with Crippen molar-refractivity contribution in [2.45, 2.75) is 31.8 Å². The molecular formula is C10H16O3. The van der Waals surface area contributed by atoms with E-state index >= 15 is 0 Å². The van der Waals surface area contributed by atoms with Gasteiger partial charge in [0.25, 0.3) is 0 Å². The van der Waals surface area contributed by atoms with E-state index in [0.29, 0.717) is 0 Å². The van der Waals surface area contributed by atoms with Crippen molar-refractivity contribution in [3.8, 4) is 0 Å². The summed E-state index contributed by atoms with van der Waals surface area (Å²) in [5.74, 6) is -0.535. The Bertz CT molecular complexity index is 200. The summed E-state index contributed by atoms with van der Waals surface area (Å²) in [5, 5.41) is 18.2. The molecule has 3 atom stereocenters. The lowest BCUT2D eigenvalue weighted by atomic mass is 9.89. The van der Waals surface area contributed by atoms with Crippen LogP contribution in [-0.4, -0.2) is 22.3 Å². The molecule has 1 saturated carbocycles. The van der Waals surface area contributed by atoms with Crippen LogP contribution in [0, 0.1) is 11.8 Å². The van der Waals surface area contributed by atoms with E-state index in [1.54, 1.807) is 6.08 Å². The molecule has 0 aromatic heterocycles. The van der Waals surface area contributed by atoms with Gasteiger partial charge in [-0.3, -0.25) is 4.79 Å². The van der Waals surface area contributed by atoms with Crippen LogP contribution < -0.4 is 0 Å². The van der Waals surface area contributed by atoms with E-state index in [2.05, 4.69) is 6.58 Å². The number of carboxylic acids is 1. The van der Waals surface area contributed by atoms with E-state index in [9.17, 15) is 9.90 Å². The first-order valence-corrected chi connectivity index (χ1v) is 4.66. The van der Waals surface area contributed by atoms with Crippen LogP contribution in [0.15, 0.2) is 12.7 Å². The van der Waals surface area contributed by atoms with Gasteiger partial charge in [0.2, 0.25) is 0 Å². The first kappa shape index (κ1) is 10.3. The van der Waals surface area contributed by atoms with Crippen LogP contribution in [0.1, 0.15) is 25.7 Å². The predicted octanol–water partition coefficient (Wildman–Crippen LogP) is 1.42. The molecule has 0 saturated heterocycles. The molecule has 0 bridgehead atoms. The average Bonchev–Trinajstić information content (AvgIpc) is 2.35. The molecule has 13 heavy (non-hydrogen) atoms. The van der Waals surface area contributed by atoms with Crippen molar-refractivity contribution in [2.24, 2.45) is 11.8 Å². The minimum atomic E-state index is -0.770. The maximum Gasteiger partial charge on any atom is 0.303 e. The number of aliphatic carboxylic acids is 1. The highest BCUT2D eigenvalue weighted by atomic mass is 16.4. The third kappa shape index (κ3) is 2.56. The van der Waals surface area contributed by atoms with Crippen molar-refractivity contribution in [3.05, 3.63) is 12.7 Å². The topological polar surface area (TPSA) is 57.5 Å². The second-order valence-electron chi connectivity index (χ2n) is 3.69. The van der Waals surface area contributed by atoms with Gasteiger partial charge in [0.1, 0.15) is 0 Å². The van der Waals surface area contributed by atoms with Crippen molar-refractivity contribution >= 4 is 5.97 Å². The van der Waals surface area contributed by atoms with E-state index in [-0.39, 0.29) is 24.4 Å². The SMILES string of the molecule is C=CCC1C(O)CCC1CC(=O)O. The summed E-state index contributed by atoms with van der Waals surface area (Å²) in [7, 11) is 0. The first-order valence-electron chi connectivity index (χ1n) is 4.66. The van der Waals surface area contributed by atoms with E-state index in [1.165, 1.54) is 0 Å². The van der Waals surface area contributed by atoms with Crippen LogP contribution >= 0.6 is 0 Å². The zero-order chi connectivity index (χ0) is 9.84. The molecule has 74 valence electrons. The number of aliphatic hydroxyl groups excluding tert-OH is 1. The van der Waals surface area contributed by atoms with Crippen LogP contribution in [0.3, 0.4) is 0 Å². The lowest BCUT2D eigenvalue weighted by Gasteiger charge is -2.18. The quantitative estimate of drug-likeness (QED) is 0.650. The summed E-state index contributed by atoms with van der Waals surface area (Å²) in [4.78, 5) is 10.5. The Balaban J connectivity index is 2.52. The normalized spacial score (nSPS) is 33.2. The maximum absolute atomic E-state index is 10.5. The van der Waals surface area contributed by atoms with Gasteiger partial charge in [-0.2, -0.15) is 0 Å². The molecule has 1 rings (SSSR count). The Hall–Kier alpha value is -0.830. The molecule has 0 radical (unpaired) electrons. The predicted molar refractivity (Wildman–Crippen MR) is 49.3 cm³/mol. The number of carboxylic acid groups (broad SMARTS) is 1. The molecule has 1 aliphatic carbocycles. The number of aliphatic hydroxyl groups is 1. The third-order valence-electron chi connectivity index (χ3n) is 2.81. The zero-order valence-electron chi connectivity index (χ0n) is 7.65. The lowest BCUT2D eigenvalue weighted by molar-refractivity contribution is -0.138. The minimum Gasteiger partial charge on any atom is -0.481 e. The average molecular weight is 184 g/mol. The number of hydrogen-bond acceptors (Lipinski definition) is 2.